The highest BCUT2D eigenvalue weighted by atomic mass is 16.5. The third-order valence-electron chi connectivity index (χ3n) is 2.70. The maximum absolute atomic E-state index is 10.2. The fourth-order valence-corrected chi connectivity index (χ4v) is 1.64. The standard InChI is InChI=1S/C11H20N2O2/c1-4-11(14,9-15-3)8-10-12-6-7-13(10)5-2/h6-7,14H,4-5,8-9H2,1-3H3. The maximum Gasteiger partial charge on any atom is 0.111 e. The molecule has 15 heavy (non-hydrogen) atoms. The van der Waals surface area contributed by atoms with Crippen LogP contribution in [0.1, 0.15) is 26.1 Å². The summed E-state index contributed by atoms with van der Waals surface area (Å²) in [4.78, 5) is 4.25. The van der Waals surface area contributed by atoms with Gasteiger partial charge in [0.25, 0.3) is 0 Å². The van der Waals surface area contributed by atoms with Crippen molar-refractivity contribution in [2.75, 3.05) is 13.7 Å². The van der Waals surface area contributed by atoms with E-state index in [9.17, 15) is 5.11 Å². The van der Waals surface area contributed by atoms with Gasteiger partial charge in [-0.25, -0.2) is 4.98 Å². The zero-order valence-electron chi connectivity index (χ0n) is 9.73. The van der Waals surface area contributed by atoms with E-state index in [0.717, 1.165) is 12.4 Å². The fourth-order valence-electron chi connectivity index (χ4n) is 1.64. The zero-order valence-corrected chi connectivity index (χ0v) is 9.73. The number of imidazole rings is 1. The lowest BCUT2D eigenvalue weighted by molar-refractivity contribution is -0.0350. The van der Waals surface area contributed by atoms with Crippen molar-refractivity contribution in [2.24, 2.45) is 0 Å². The SMILES string of the molecule is CCn1ccnc1CC(O)(CC)COC. The number of aryl methyl sites for hydroxylation is 1. The Bertz CT molecular complexity index is 299. The minimum Gasteiger partial charge on any atom is -0.387 e. The van der Waals surface area contributed by atoms with E-state index in [4.69, 9.17) is 4.74 Å². The molecule has 1 rings (SSSR count). The molecule has 1 aromatic heterocycles. The molecule has 0 fully saturated rings. The lowest BCUT2D eigenvalue weighted by Crippen LogP contribution is -2.36. The number of nitrogens with zero attached hydrogens (tertiary/aromatic N) is 2. The summed E-state index contributed by atoms with van der Waals surface area (Å²) < 4.78 is 7.07. The highest BCUT2D eigenvalue weighted by molar-refractivity contribution is 4.98. The Balaban J connectivity index is 2.74. The number of ether oxygens (including phenoxy) is 1. The molecule has 1 unspecified atom stereocenters. The quantitative estimate of drug-likeness (QED) is 0.771. The van der Waals surface area contributed by atoms with Crippen molar-refractivity contribution < 1.29 is 9.84 Å². The number of rotatable bonds is 6. The molecule has 1 N–H and O–H groups in total. The Kier molecular flexibility index (Phi) is 4.29. The van der Waals surface area contributed by atoms with Crippen LogP contribution in [0.4, 0.5) is 0 Å². The second-order valence-corrected chi connectivity index (χ2v) is 3.82. The van der Waals surface area contributed by atoms with E-state index in [2.05, 4.69) is 11.9 Å². The van der Waals surface area contributed by atoms with Gasteiger partial charge in [0.1, 0.15) is 5.82 Å². The molecule has 0 radical (unpaired) electrons. The van der Waals surface area contributed by atoms with Crippen LogP contribution < -0.4 is 0 Å². The highest BCUT2D eigenvalue weighted by Gasteiger charge is 2.26. The molecule has 86 valence electrons. The first-order valence-corrected chi connectivity index (χ1v) is 5.36. The van der Waals surface area contributed by atoms with Crippen LogP contribution in [0.5, 0.6) is 0 Å². The predicted octanol–water partition coefficient (Wildman–Crippen LogP) is 1.23. The van der Waals surface area contributed by atoms with Crippen molar-refractivity contribution in [3.63, 3.8) is 0 Å². The number of methoxy groups -OCH3 is 1. The van der Waals surface area contributed by atoms with E-state index < -0.39 is 5.60 Å². The molecule has 4 heteroatoms. The van der Waals surface area contributed by atoms with Crippen LogP contribution in [-0.2, 0) is 17.7 Å². The van der Waals surface area contributed by atoms with Gasteiger partial charge in [-0.3, -0.25) is 0 Å². The van der Waals surface area contributed by atoms with Gasteiger partial charge in [0.2, 0.25) is 0 Å². The largest absolute Gasteiger partial charge is 0.387 e. The van der Waals surface area contributed by atoms with Gasteiger partial charge in [-0.1, -0.05) is 6.92 Å². The predicted molar refractivity (Wildman–Crippen MR) is 58.7 cm³/mol. The van der Waals surface area contributed by atoms with Crippen molar-refractivity contribution in [3.8, 4) is 0 Å². The lowest BCUT2D eigenvalue weighted by atomic mass is 9.97. The lowest BCUT2D eigenvalue weighted by Gasteiger charge is -2.25. The second kappa shape index (κ2) is 5.28. The van der Waals surface area contributed by atoms with Crippen LogP contribution in [0.2, 0.25) is 0 Å². The first kappa shape index (κ1) is 12.2. The molecule has 4 nitrogen and oxygen atoms in total. The van der Waals surface area contributed by atoms with Crippen LogP contribution in [0, 0.1) is 0 Å². The molecule has 0 saturated heterocycles. The third-order valence-corrected chi connectivity index (χ3v) is 2.70. The molecular formula is C11H20N2O2. The molecule has 1 atom stereocenters. The molecule has 1 heterocycles. The maximum atomic E-state index is 10.2. The minimum absolute atomic E-state index is 0.347. The second-order valence-electron chi connectivity index (χ2n) is 3.82. The van der Waals surface area contributed by atoms with E-state index in [0.29, 0.717) is 19.4 Å². The Labute approximate surface area is 90.9 Å². The summed E-state index contributed by atoms with van der Waals surface area (Å²) in [5, 5.41) is 10.2. The first-order valence-electron chi connectivity index (χ1n) is 5.36. The Morgan fingerprint density at radius 3 is 2.80 bits per heavy atom. The van der Waals surface area contributed by atoms with Crippen LogP contribution in [0.3, 0.4) is 0 Å². The van der Waals surface area contributed by atoms with Gasteiger partial charge >= 0.3 is 0 Å². The van der Waals surface area contributed by atoms with E-state index in [1.54, 1.807) is 13.3 Å². The fraction of sp³-hybridized carbons (Fsp3) is 0.727. The first-order chi connectivity index (χ1) is 7.15. The Morgan fingerprint density at radius 2 is 2.27 bits per heavy atom. The number of hydrogen-bond donors (Lipinski definition) is 1. The average Bonchev–Trinajstić information content (AvgIpc) is 2.65. The van der Waals surface area contributed by atoms with Gasteiger partial charge in [0.15, 0.2) is 0 Å². The summed E-state index contributed by atoms with van der Waals surface area (Å²) in [5.41, 5.74) is -0.799. The molecule has 0 aliphatic carbocycles. The van der Waals surface area contributed by atoms with E-state index in [1.807, 2.05) is 17.7 Å². The van der Waals surface area contributed by atoms with E-state index >= 15 is 0 Å². The molecule has 0 bridgehead atoms. The topological polar surface area (TPSA) is 47.3 Å². The minimum atomic E-state index is -0.799. The smallest absolute Gasteiger partial charge is 0.111 e. The summed E-state index contributed by atoms with van der Waals surface area (Å²) in [7, 11) is 1.60. The highest BCUT2D eigenvalue weighted by Crippen LogP contribution is 2.16. The van der Waals surface area contributed by atoms with Gasteiger partial charge in [-0.05, 0) is 13.3 Å². The Hall–Kier alpha value is -0.870. The summed E-state index contributed by atoms with van der Waals surface area (Å²) in [6.07, 6.45) is 4.90. The molecule has 0 spiro atoms. The van der Waals surface area contributed by atoms with Gasteiger partial charge in [-0.15, -0.1) is 0 Å². The normalized spacial score (nSPS) is 15.2. The van der Waals surface area contributed by atoms with Crippen LogP contribution in [-0.4, -0.2) is 34.0 Å². The van der Waals surface area contributed by atoms with Gasteiger partial charge in [0.05, 0.1) is 12.2 Å². The van der Waals surface area contributed by atoms with Crippen molar-refractivity contribution >= 4 is 0 Å². The van der Waals surface area contributed by atoms with Crippen LogP contribution >= 0.6 is 0 Å². The third kappa shape index (κ3) is 3.04. The Morgan fingerprint density at radius 1 is 1.53 bits per heavy atom. The van der Waals surface area contributed by atoms with Crippen molar-refractivity contribution in [1.82, 2.24) is 9.55 Å². The van der Waals surface area contributed by atoms with Crippen molar-refractivity contribution in [3.05, 3.63) is 18.2 Å². The van der Waals surface area contributed by atoms with E-state index in [-0.39, 0.29) is 0 Å². The molecule has 0 amide bonds. The summed E-state index contributed by atoms with van der Waals surface area (Å²) in [6, 6.07) is 0. The molecule has 0 saturated carbocycles. The molecule has 0 aromatic carbocycles. The van der Waals surface area contributed by atoms with E-state index in [1.165, 1.54) is 0 Å². The van der Waals surface area contributed by atoms with Crippen molar-refractivity contribution in [1.29, 1.82) is 0 Å². The monoisotopic (exact) mass is 212 g/mol. The van der Waals surface area contributed by atoms with Gasteiger partial charge in [0, 0.05) is 32.5 Å². The molecular weight excluding hydrogens is 192 g/mol. The number of aromatic nitrogens is 2. The average molecular weight is 212 g/mol. The van der Waals surface area contributed by atoms with Gasteiger partial charge in [-0.2, -0.15) is 0 Å². The van der Waals surface area contributed by atoms with Crippen molar-refractivity contribution in [2.45, 2.75) is 38.8 Å². The van der Waals surface area contributed by atoms with Crippen LogP contribution in [0.15, 0.2) is 12.4 Å². The molecule has 1 aromatic rings. The van der Waals surface area contributed by atoms with Gasteiger partial charge < -0.3 is 14.4 Å². The molecule has 0 aliphatic rings. The number of hydrogen-bond acceptors (Lipinski definition) is 3. The van der Waals surface area contributed by atoms with Crippen LogP contribution in [0.25, 0.3) is 0 Å². The summed E-state index contributed by atoms with van der Waals surface area (Å²) in [6.45, 7) is 5.24. The molecule has 0 aliphatic heterocycles. The summed E-state index contributed by atoms with van der Waals surface area (Å²) in [5.74, 6) is 0.916. The zero-order chi connectivity index (χ0) is 11.3. The number of aliphatic hydroxyl groups is 1. The summed E-state index contributed by atoms with van der Waals surface area (Å²) >= 11 is 0.